The molecular weight excluding hydrogens is 924 g/mol. The van der Waals surface area contributed by atoms with Gasteiger partial charge in [0, 0.05) is 51.3 Å². The number of pyridine rings is 3. The Morgan fingerprint density at radius 3 is 2.09 bits per heavy atom. The molecule has 8 aromatic rings. The number of aliphatic imine (C=N–C) groups is 1. The number of carbonyl (C=O) groups excluding carboxylic acids is 2. The third kappa shape index (κ3) is 9.18. The Labute approximate surface area is 413 Å². The fourth-order valence-electron chi connectivity index (χ4n) is 8.39. The predicted octanol–water partition coefficient (Wildman–Crippen LogP) is 6.95. The topological polar surface area (TPSA) is 190 Å². The first-order chi connectivity index (χ1) is 32.2. The summed E-state index contributed by atoms with van der Waals surface area (Å²) in [5, 5.41) is 12.8. The van der Waals surface area contributed by atoms with Gasteiger partial charge in [0.05, 0.1) is 52.5 Å². The van der Waals surface area contributed by atoms with E-state index in [1.807, 2.05) is 60.7 Å². The number of aromatic nitrogens is 4. The number of hydrogen-bond acceptors (Lipinski definition) is 8. The summed E-state index contributed by atoms with van der Waals surface area (Å²) in [5.41, 5.74) is 5.19. The van der Waals surface area contributed by atoms with Crippen LogP contribution in [0.3, 0.4) is 0 Å². The number of benzene rings is 4. The molecule has 6 heterocycles. The average molecular weight is 961 g/mol. The summed E-state index contributed by atoms with van der Waals surface area (Å²) in [6.07, 6.45) is 6.05. The van der Waals surface area contributed by atoms with Crippen molar-refractivity contribution in [2.24, 2.45) is 4.99 Å². The maximum Gasteiger partial charge on any atom is 1.00 e. The molecule has 4 aromatic carbocycles. The molecule has 18 heteroatoms. The van der Waals surface area contributed by atoms with Crippen LogP contribution in [-0.2, 0) is 27.4 Å². The van der Waals surface area contributed by atoms with Gasteiger partial charge in [-0.3, -0.25) is 9.59 Å². The van der Waals surface area contributed by atoms with Gasteiger partial charge in [-0.15, -0.1) is 0 Å². The van der Waals surface area contributed by atoms with Crippen molar-refractivity contribution in [1.82, 2.24) is 19.5 Å². The molecule has 0 spiro atoms. The van der Waals surface area contributed by atoms with E-state index in [2.05, 4.69) is 19.9 Å². The zero-order chi connectivity index (χ0) is 47.3. The molecule has 0 saturated heterocycles. The average Bonchev–Trinajstić information content (AvgIpc) is 3.77. The quantitative estimate of drug-likeness (QED) is 0.0560. The molecule has 2 aliphatic heterocycles. The number of ether oxygens (including phenoxy) is 1. The van der Waals surface area contributed by atoms with Crippen LogP contribution < -0.4 is 24.4 Å². The number of aromatic carboxylic acids is 1. The zero-order valence-electron chi connectivity index (χ0n) is 37.1. The van der Waals surface area contributed by atoms with Crippen molar-refractivity contribution in [2.75, 3.05) is 7.11 Å². The molecule has 0 saturated carbocycles. The van der Waals surface area contributed by atoms with Gasteiger partial charge in [0.1, 0.15) is 27.6 Å². The van der Waals surface area contributed by atoms with Gasteiger partial charge in [-0.05, 0) is 91.7 Å². The van der Waals surface area contributed by atoms with Crippen molar-refractivity contribution in [1.29, 1.82) is 0 Å². The number of rotatable bonds is 7. The van der Waals surface area contributed by atoms with Gasteiger partial charge in [0.2, 0.25) is 5.69 Å². The number of methoxy groups -OCH3 is 1. The van der Waals surface area contributed by atoms with Crippen LogP contribution in [0.1, 0.15) is 38.3 Å². The van der Waals surface area contributed by atoms with Gasteiger partial charge in [-0.2, -0.15) is 4.58 Å². The third-order valence-corrected chi connectivity index (χ3v) is 12.2. The van der Waals surface area contributed by atoms with E-state index in [0.29, 0.717) is 55.5 Å². The van der Waals surface area contributed by atoms with Gasteiger partial charge in [-0.1, -0.05) is 59.6 Å². The molecule has 69 heavy (non-hydrogen) atoms. The predicted molar refractivity (Wildman–Crippen MR) is 256 cm³/mol. The van der Waals surface area contributed by atoms with E-state index in [1.165, 1.54) is 36.2 Å². The number of nitrogens with one attached hydrogen (secondary N) is 1. The SMILES string of the molecule is COC(=O)C1=[N+](Cc2cc3ccccc3nc2Cl)c2cc(F)c(C)cc2C1=C1C=CC=NC1=O.Cc1cc2c(-c3ccc[nH]c3=O)c(C(=O)O)n(Cc3cc4ccccc4nc3Cl)c2cc1F.[Li+].[OH-]. The normalized spacial score (nSPS) is 13.8. The number of nitrogens with zero attached hydrogens (tertiary/aromatic N) is 5. The van der Waals surface area contributed by atoms with Gasteiger partial charge in [0.15, 0.2) is 6.54 Å². The summed E-state index contributed by atoms with van der Waals surface area (Å²) in [7, 11) is 1.26. The van der Waals surface area contributed by atoms with Gasteiger partial charge in [0.25, 0.3) is 11.5 Å². The van der Waals surface area contributed by atoms with Crippen LogP contribution in [0.4, 0.5) is 14.5 Å². The molecule has 0 unspecified atom stereocenters. The summed E-state index contributed by atoms with van der Waals surface area (Å²) >= 11 is 12.9. The number of amides is 1. The van der Waals surface area contributed by atoms with E-state index in [4.69, 9.17) is 27.9 Å². The second-order valence-electron chi connectivity index (χ2n) is 15.7. The van der Waals surface area contributed by atoms with Crippen molar-refractivity contribution in [3.05, 3.63) is 187 Å². The number of fused-ring (bicyclic) bond motifs is 4. The van der Waals surface area contributed by atoms with Crippen molar-refractivity contribution in [3.8, 4) is 11.1 Å². The molecule has 10 rings (SSSR count). The molecule has 0 radical (unpaired) electrons. The van der Waals surface area contributed by atoms with E-state index >= 15 is 0 Å². The third-order valence-electron chi connectivity index (χ3n) is 11.6. The molecule has 3 N–H and O–H groups in total. The van der Waals surface area contributed by atoms with E-state index in [0.717, 1.165) is 16.3 Å². The van der Waals surface area contributed by atoms with Crippen molar-refractivity contribution < 1.29 is 61.9 Å². The number of para-hydroxylation sites is 2. The van der Waals surface area contributed by atoms with Crippen LogP contribution in [0.25, 0.3) is 49.4 Å². The summed E-state index contributed by atoms with van der Waals surface area (Å²) < 4.78 is 37.5. The van der Waals surface area contributed by atoms with Gasteiger partial charge >= 0.3 is 36.5 Å². The monoisotopic (exact) mass is 959 g/mol. The number of esters is 1. The van der Waals surface area contributed by atoms with Crippen LogP contribution in [0.15, 0.2) is 131 Å². The number of allylic oxidation sites excluding steroid dienone is 1. The number of H-pyrrole nitrogens is 1. The summed E-state index contributed by atoms with van der Waals surface area (Å²) in [6.45, 7) is 3.35. The van der Waals surface area contributed by atoms with E-state index in [9.17, 15) is 33.1 Å². The Bertz CT molecular complexity index is 3660. The molecule has 0 aliphatic carbocycles. The minimum Gasteiger partial charge on any atom is -0.870 e. The number of carboxylic acid groups (broad SMARTS) is 1. The summed E-state index contributed by atoms with van der Waals surface area (Å²) in [6, 6.07) is 27.7. The Kier molecular flexibility index (Phi) is 14.4. The maximum absolute atomic E-state index is 14.7. The number of halogens is 4. The fraction of sp³-hybridized carbons (Fsp3) is 0.0980. The summed E-state index contributed by atoms with van der Waals surface area (Å²) in [4.78, 5) is 66.1. The van der Waals surface area contributed by atoms with Gasteiger partial charge < -0.3 is 24.9 Å². The number of aryl methyl sites for hydroxylation is 2. The van der Waals surface area contributed by atoms with Crippen LogP contribution in [0.2, 0.25) is 10.3 Å². The maximum atomic E-state index is 14.7. The largest absolute Gasteiger partial charge is 1.00 e. The smallest absolute Gasteiger partial charge is 0.870 e. The molecular formula is C51H36Cl2F2LiN6O7+. The van der Waals surface area contributed by atoms with Crippen molar-refractivity contribution in [2.45, 2.75) is 26.9 Å². The van der Waals surface area contributed by atoms with E-state index < -0.39 is 35.0 Å². The van der Waals surface area contributed by atoms with E-state index in [1.54, 1.807) is 54.8 Å². The number of carboxylic acids is 1. The Morgan fingerprint density at radius 2 is 1.45 bits per heavy atom. The minimum atomic E-state index is -1.24. The fourth-order valence-corrected chi connectivity index (χ4v) is 8.81. The molecule has 4 aromatic heterocycles. The van der Waals surface area contributed by atoms with Crippen LogP contribution >= 0.6 is 23.2 Å². The molecule has 0 atom stereocenters. The molecule has 1 amide bonds. The van der Waals surface area contributed by atoms with Crippen LogP contribution in [0, 0.1) is 25.5 Å². The Balaban J connectivity index is 0.000000198. The van der Waals surface area contributed by atoms with Crippen LogP contribution in [-0.4, -0.2) is 71.6 Å². The molecule has 0 fully saturated rings. The van der Waals surface area contributed by atoms with Crippen molar-refractivity contribution in [3.63, 3.8) is 0 Å². The second kappa shape index (κ2) is 20.1. The zero-order valence-corrected chi connectivity index (χ0v) is 38.7. The molecule has 340 valence electrons. The first-order valence-electron chi connectivity index (χ1n) is 20.6. The second-order valence-corrected chi connectivity index (χ2v) is 16.4. The van der Waals surface area contributed by atoms with Gasteiger partial charge in [-0.25, -0.2) is 33.3 Å². The standard InChI is InChI=1S/C26H18ClFN3O3.C25H17ClFN3O3.Li.H2O/c1-14-10-18-21(12-19(14)28)31(13-16-11-15-6-3-4-8-20(15)30-24(16)27)23(26(33)34-2)22(18)17-7-5-9-29-25(17)32;1-13-9-17-20(11-18(13)27)30(12-15-10-14-5-2-3-7-19(14)29-23(15)26)22(25(32)33)21(17)16-6-4-8-28-24(16)31;;/h3-12H,13H2,1-2H3;2-11H,12H2,1H3,(H,28,31)(H,32,33);;1H2/q+1;;+1;/p-1. The van der Waals surface area contributed by atoms with Crippen LogP contribution in [0.5, 0.6) is 0 Å². The first kappa shape index (κ1) is 49.5. The number of dihydropyridines is 1. The summed E-state index contributed by atoms with van der Waals surface area (Å²) in [5.74, 6) is -3.33. The number of aromatic amines is 1. The minimum absolute atomic E-state index is 0. The molecule has 13 nitrogen and oxygen atoms in total. The number of carbonyl (C=O) groups is 3. The number of hydrogen-bond donors (Lipinski definition) is 2. The van der Waals surface area contributed by atoms with Crippen molar-refractivity contribution >= 4 is 96.9 Å². The molecule has 2 aliphatic rings. The first-order valence-corrected chi connectivity index (χ1v) is 21.3. The Morgan fingerprint density at radius 1 is 0.826 bits per heavy atom. The van der Waals surface area contributed by atoms with E-state index in [-0.39, 0.29) is 75.8 Å². The Hall–Kier alpha value is -7.38. The molecule has 0 bridgehead atoms.